The topological polar surface area (TPSA) is 47.6 Å². The van der Waals surface area contributed by atoms with E-state index in [4.69, 9.17) is 16.3 Å². The van der Waals surface area contributed by atoms with Crippen molar-refractivity contribution < 1.29 is 27.4 Å². The number of hydrogen-bond donors (Lipinski definition) is 1. The van der Waals surface area contributed by atoms with Gasteiger partial charge in [0.05, 0.1) is 19.3 Å². The van der Waals surface area contributed by atoms with Crippen LogP contribution in [0.3, 0.4) is 0 Å². The molecule has 4 nitrogen and oxygen atoms in total. The summed E-state index contributed by atoms with van der Waals surface area (Å²) in [4.78, 5) is 12.3. The van der Waals surface area contributed by atoms with Crippen molar-refractivity contribution in [2.75, 3.05) is 13.7 Å². The van der Waals surface area contributed by atoms with Gasteiger partial charge in [0.25, 0.3) is 5.91 Å². The van der Waals surface area contributed by atoms with Crippen LogP contribution in [-0.4, -0.2) is 25.8 Å². The predicted molar refractivity (Wildman–Crippen MR) is 91.3 cm³/mol. The Morgan fingerprint density at radius 3 is 2.38 bits per heavy atom. The zero-order chi connectivity index (χ0) is 19.2. The van der Waals surface area contributed by atoms with Gasteiger partial charge < -0.3 is 14.8 Å². The minimum atomic E-state index is -4.34. The average molecular weight is 388 g/mol. The van der Waals surface area contributed by atoms with Crippen molar-refractivity contribution in [3.05, 3.63) is 64.2 Å². The molecular weight excluding hydrogens is 371 g/mol. The van der Waals surface area contributed by atoms with Crippen molar-refractivity contribution in [2.24, 2.45) is 0 Å². The second kappa shape index (κ2) is 8.91. The summed E-state index contributed by atoms with van der Waals surface area (Å²) in [5.74, 6) is 0.0447. The van der Waals surface area contributed by atoms with Gasteiger partial charge in [-0.1, -0.05) is 35.9 Å². The zero-order valence-electron chi connectivity index (χ0n) is 13.9. The molecule has 1 amide bonds. The van der Waals surface area contributed by atoms with E-state index >= 15 is 0 Å². The lowest BCUT2D eigenvalue weighted by molar-refractivity contribution is -0.176. The van der Waals surface area contributed by atoms with Crippen LogP contribution in [0, 0.1) is 0 Å². The molecule has 0 bridgehead atoms. The van der Waals surface area contributed by atoms with Crippen LogP contribution in [0.25, 0.3) is 0 Å². The van der Waals surface area contributed by atoms with Crippen molar-refractivity contribution in [3.63, 3.8) is 0 Å². The van der Waals surface area contributed by atoms with Gasteiger partial charge in [-0.3, -0.25) is 4.79 Å². The normalized spacial score (nSPS) is 11.3. The smallest absolute Gasteiger partial charge is 0.411 e. The van der Waals surface area contributed by atoms with E-state index < -0.39 is 12.8 Å². The molecule has 2 rings (SSSR count). The molecule has 0 aliphatic carbocycles. The second-order valence-electron chi connectivity index (χ2n) is 5.45. The lowest BCUT2D eigenvalue weighted by Gasteiger charge is -2.10. The number of benzene rings is 2. The maximum atomic E-state index is 12.3. The summed E-state index contributed by atoms with van der Waals surface area (Å²) in [5, 5.41) is 3.21. The molecule has 1 N–H and O–H groups in total. The summed E-state index contributed by atoms with van der Waals surface area (Å²) in [6.45, 7) is -1.16. The molecule has 0 fully saturated rings. The van der Waals surface area contributed by atoms with E-state index in [0.29, 0.717) is 21.9 Å². The molecule has 0 aliphatic heterocycles. The molecule has 0 spiro atoms. The molecule has 0 aromatic heterocycles. The summed E-state index contributed by atoms with van der Waals surface area (Å²) in [6, 6.07) is 11.4. The molecule has 2 aromatic rings. The van der Waals surface area contributed by atoms with Crippen LogP contribution < -0.4 is 10.1 Å². The van der Waals surface area contributed by atoms with E-state index in [2.05, 4.69) is 10.1 Å². The Morgan fingerprint density at radius 1 is 1.12 bits per heavy atom. The molecule has 0 radical (unpaired) electrons. The van der Waals surface area contributed by atoms with Gasteiger partial charge in [0.1, 0.15) is 12.4 Å². The van der Waals surface area contributed by atoms with Crippen molar-refractivity contribution in [2.45, 2.75) is 19.3 Å². The summed E-state index contributed by atoms with van der Waals surface area (Å²) in [7, 11) is 1.45. The maximum absolute atomic E-state index is 12.3. The molecule has 0 heterocycles. The lowest BCUT2D eigenvalue weighted by atomic mass is 10.1. The minimum absolute atomic E-state index is 0.131. The molecule has 140 valence electrons. The third kappa shape index (κ3) is 6.24. The fraction of sp³-hybridized carbons (Fsp3) is 0.278. The largest absolute Gasteiger partial charge is 0.496 e. The fourth-order valence-electron chi connectivity index (χ4n) is 2.17. The van der Waals surface area contributed by atoms with Crippen molar-refractivity contribution in [3.8, 4) is 5.75 Å². The highest BCUT2D eigenvalue weighted by Crippen LogP contribution is 2.23. The van der Waals surface area contributed by atoms with Crippen molar-refractivity contribution in [1.29, 1.82) is 0 Å². The summed E-state index contributed by atoms with van der Waals surface area (Å²) in [5.41, 5.74) is 1.77. The van der Waals surface area contributed by atoms with Crippen LogP contribution in [0.15, 0.2) is 42.5 Å². The Kier molecular flexibility index (Phi) is 6.88. The third-order valence-electron chi connectivity index (χ3n) is 3.42. The van der Waals surface area contributed by atoms with E-state index in [-0.39, 0.29) is 19.1 Å². The van der Waals surface area contributed by atoms with Gasteiger partial charge in [0.2, 0.25) is 0 Å². The summed E-state index contributed by atoms with van der Waals surface area (Å²) in [6.07, 6.45) is -4.34. The number of carbonyl (C=O) groups is 1. The van der Waals surface area contributed by atoms with Gasteiger partial charge in [0.15, 0.2) is 0 Å². The highest BCUT2D eigenvalue weighted by atomic mass is 35.5. The van der Waals surface area contributed by atoms with E-state index in [1.165, 1.54) is 7.11 Å². The minimum Gasteiger partial charge on any atom is -0.496 e. The Labute approximate surface area is 153 Å². The molecule has 0 saturated heterocycles. The number of ether oxygens (including phenoxy) is 2. The van der Waals surface area contributed by atoms with Crippen LogP contribution in [0.4, 0.5) is 13.2 Å². The molecule has 0 unspecified atom stereocenters. The Hall–Kier alpha value is -2.25. The summed E-state index contributed by atoms with van der Waals surface area (Å²) >= 11 is 5.86. The highest BCUT2D eigenvalue weighted by molar-refractivity contribution is 6.30. The first-order valence-corrected chi connectivity index (χ1v) is 8.00. The quantitative estimate of drug-likeness (QED) is 0.768. The zero-order valence-corrected chi connectivity index (χ0v) is 14.7. The number of alkyl halides is 3. The van der Waals surface area contributed by atoms with Gasteiger partial charge in [-0.05, 0) is 29.3 Å². The SMILES string of the molecule is COc1cc(Cl)ccc1C(=O)NCc1ccc(COCC(F)(F)F)cc1. The van der Waals surface area contributed by atoms with E-state index in [9.17, 15) is 18.0 Å². The maximum Gasteiger partial charge on any atom is 0.411 e. The number of halogens is 4. The number of nitrogens with one attached hydrogen (secondary N) is 1. The lowest BCUT2D eigenvalue weighted by Crippen LogP contribution is -2.23. The van der Waals surface area contributed by atoms with Gasteiger partial charge >= 0.3 is 6.18 Å². The molecule has 0 aliphatic rings. The van der Waals surface area contributed by atoms with Crippen molar-refractivity contribution >= 4 is 17.5 Å². The van der Waals surface area contributed by atoms with Gasteiger partial charge in [-0.15, -0.1) is 0 Å². The molecule has 26 heavy (non-hydrogen) atoms. The van der Waals surface area contributed by atoms with Crippen LogP contribution in [-0.2, 0) is 17.9 Å². The van der Waals surface area contributed by atoms with Gasteiger partial charge in [-0.25, -0.2) is 0 Å². The Balaban J connectivity index is 1.88. The standard InChI is InChI=1S/C18H17ClF3NO3/c1-25-16-8-14(19)6-7-15(16)17(24)23-9-12-2-4-13(5-3-12)10-26-11-18(20,21)22/h2-8H,9-11H2,1H3,(H,23,24). The summed E-state index contributed by atoms with van der Waals surface area (Å²) < 4.78 is 45.8. The first kappa shape index (κ1) is 20.1. The van der Waals surface area contributed by atoms with Crippen LogP contribution in [0.2, 0.25) is 5.02 Å². The molecule has 0 atom stereocenters. The van der Waals surface area contributed by atoms with E-state index in [1.807, 2.05) is 0 Å². The molecule has 0 saturated carbocycles. The van der Waals surface area contributed by atoms with E-state index in [0.717, 1.165) is 5.56 Å². The molecular formula is C18H17ClF3NO3. The number of hydrogen-bond acceptors (Lipinski definition) is 3. The number of methoxy groups -OCH3 is 1. The van der Waals surface area contributed by atoms with Gasteiger partial charge in [-0.2, -0.15) is 13.2 Å². The number of rotatable bonds is 7. The number of amides is 1. The molecule has 2 aromatic carbocycles. The first-order chi connectivity index (χ1) is 12.3. The number of carbonyl (C=O) groups excluding carboxylic acids is 1. The average Bonchev–Trinajstić information content (AvgIpc) is 2.59. The Bertz CT molecular complexity index is 748. The van der Waals surface area contributed by atoms with Crippen LogP contribution in [0.5, 0.6) is 5.75 Å². The van der Waals surface area contributed by atoms with Gasteiger partial charge in [0, 0.05) is 11.6 Å². The second-order valence-corrected chi connectivity index (χ2v) is 5.89. The first-order valence-electron chi connectivity index (χ1n) is 7.62. The predicted octanol–water partition coefficient (Wildman–Crippen LogP) is 4.36. The van der Waals surface area contributed by atoms with Crippen LogP contribution >= 0.6 is 11.6 Å². The third-order valence-corrected chi connectivity index (χ3v) is 3.65. The van der Waals surface area contributed by atoms with Crippen molar-refractivity contribution in [1.82, 2.24) is 5.32 Å². The monoisotopic (exact) mass is 387 g/mol. The fourth-order valence-corrected chi connectivity index (χ4v) is 2.33. The highest BCUT2D eigenvalue weighted by Gasteiger charge is 2.27. The molecule has 8 heteroatoms. The Morgan fingerprint density at radius 2 is 1.77 bits per heavy atom. The van der Waals surface area contributed by atoms with Crippen LogP contribution in [0.1, 0.15) is 21.5 Å². The van der Waals surface area contributed by atoms with E-state index in [1.54, 1.807) is 42.5 Å².